The highest BCUT2D eigenvalue weighted by molar-refractivity contribution is 8.68. The molecule has 168 valence electrons. The van der Waals surface area contributed by atoms with Crippen LogP contribution in [0.25, 0.3) is 0 Å². The molecule has 1 aromatic carbocycles. The Morgan fingerprint density at radius 3 is 2.50 bits per heavy atom. The zero-order chi connectivity index (χ0) is 21.7. The van der Waals surface area contributed by atoms with Crippen molar-refractivity contribution in [3.8, 4) is 0 Å². The Kier molecular flexibility index (Phi) is 6.44. The van der Waals surface area contributed by atoms with E-state index in [0.29, 0.717) is 13.2 Å². The minimum absolute atomic E-state index is 0.00181. The molecule has 0 spiro atoms. The van der Waals surface area contributed by atoms with Crippen molar-refractivity contribution in [1.82, 2.24) is 0 Å². The maximum atomic E-state index is 12.7. The molecule has 1 aromatic rings. The summed E-state index contributed by atoms with van der Waals surface area (Å²) in [5, 5.41) is 10.4. The largest absolute Gasteiger partial charge is 0.389 e. The molecule has 0 saturated carbocycles. The molecule has 12 heteroatoms. The molecule has 3 heterocycles. The zero-order valence-electron chi connectivity index (χ0n) is 16.8. The van der Waals surface area contributed by atoms with E-state index in [1.165, 1.54) is 23.5 Å². The molecule has 3 saturated heterocycles. The highest BCUT2D eigenvalue weighted by Crippen LogP contribution is 2.67. The number of rotatable bonds is 5. The van der Waals surface area contributed by atoms with Crippen molar-refractivity contribution in [2.45, 2.75) is 55.5 Å². The van der Waals surface area contributed by atoms with Crippen LogP contribution in [0.5, 0.6) is 0 Å². The third-order valence-corrected chi connectivity index (χ3v) is 11.9. The summed E-state index contributed by atoms with van der Waals surface area (Å²) >= 11 is 6.80. The van der Waals surface area contributed by atoms with Crippen LogP contribution >= 0.6 is 17.1 Å². The first kappa shape index (κ1) is 23.1. The van der Waals surface area contributed by atoms with Gasteiger partial charge in [-0.3, -0.25) is 4.18 Å². The topological polar surface area (TPSA) is 101 Å². The lowest BCUT2D eigenvalue weighted by Gasteiger charge is -2.41. The van der Waals surface area contributed by atoms with E-state index in [9.17, 15) is 13.5 Å². The Balaban J connectivity index is 1.51. The average Bonchev–Trinajstić information content (AvgIpc) is 3.12. The molecule has 5 atom stereocenters. The van der Waals surface area contributed by atoms with Crippen LogP contribution < -0.4 is 0 Å². The Morgan fingerprint density at radius 1 is 1.23 bits per heavy atom. The smallest absolute Gasteiger partial charge is 0.297 e. The molecule has 3 aliphatic rings. The van der Waals surface area contributed by atoms with Crippen LogP contribution in [0.3, 0.4) is 0 Å². The lowest BCUT2D eigenvalue weighted by molar-refractivity contribution is -0.178. The molecule has 0 radical (unpaired) electrons. The van der Waals surface area contributed by atoms with Crippen LogP contribution in [-0.2, 0) is 44.6 Å². The van der Waals surface area contributed by atoms with Crippen LogP contribution in [-0.4, -0.2) is 63.2 Å². The van der Waals surface area contributed by atoms with E-state index in [1.54, 1.807) is 12.1 Å². The first-order valence-electron chi connectivity index (χ1n) is 9.51. The van der Waals surface area contributed by atoms with Crippen molar-refractivity contribution in [3.63, 3.8) is 0 Å². The fourth-order valence-corrected chi connectivity index (χ4v) is 10.0. The number of aliphatic hydroxyl groups excluding tert-OH is 1. The Bertz CT molecular complexity index is 921. The van der Waals surface area contributed by atoms with Gasteiger partial charge in [-0.15, -0.1) is 0 Å². The molecule has 30 heavy (non-hydrogen) atoms. The van der Waals surface area contributed by atoms with Crippen LogP contribution in [0.1, 0.15) is 19.4 Å². The molecule has 5 unspecified atom stereocenters. The van der Waals surface area contributed by atoms with Crippen LogP contribution in [0, 0.1) is 12.3 Å². The Labute approximate surface area is 185 Å². The summed E-state index contributed by atoms with van der Waals surface area (Å²) < 4.78 is 53.9. The third kappa shape index (κ3) is 4.80. The minimum Gasteiger partial charge on any atom is -0.389 e. The van der Waals surface area contributed by atoms with Gasteiger partial charge >= 0.3 is 0 Å². The van der Waals surface area contributed by atoms with E-state index in [0.717, 1.165) is 5.56 Å². The van der Waals surface area contributed by atoms with E-state index in [4.69, 9.17) is 34.5 Å². The summed E-state index contributed by atoms with van der Waals surface area (Å²) in [6.45, 7) is 6.99. The van der Waals surface area contributed by atoms with Gasteiger partial charge in [0.15, 0.2) is 12.4 Å². The highest BCUT2D eigenvalue weighted by Gasteiger charge is 2.54. The lowest BCUT2D eigenvalue weighted by atomic mass is 9.97. The number of benzene rings is 1. The second-order valence-corrected chi connectivity index (χ2v) is 16.4. The van der Waals surface area contributed by atoms with E-state index in [2.05, 4.69) is 0 Å². The van der Waals surface area contributed by atoms with Crippen LogP contribution in [0.2, 0.25) is 0 Å². The summed E-state index contributed by atoms with van der Waals surface area (Å²) in [4.78, 5) is -0.00181. The fraction of sp³-hybridized carbons (Fsp3) is 0.667. The van der Waals surface area contributed by atoms with E-state index < -0.39 is 45.7 Å². The lowest BCUT2D eigenvalue weighted by Crippen LogP contribution is -2.54. The maximum Gasteiger partial charge on any atom is 0.297 e. The molecule has 2 bridgehead atoms. The molecule has 3 aliphatic heterocycles. The summed E-state index contributed by atoms with van der Waals surface area (Å²) in [7, 11) is -4.13. The average molecular weight is 497 g/mol. The normalized spacial score (nSPS) is 35.3. The van der Waals surface area contributed by atoms with Crippen molar-refractivity contribution in [3.05, 3.63) is 29.8 Å². The predicted molar refractivity (Wildman–Crippen MR) is 115 cm³/mol. The Morgan fingerprint density at radius 2 is 1.87 bits per heavy atom. The maximum absolute atomic E-state index is 12.7. The number of hydrogen-bond donors (Lipinski definition) is 1. The van der Waals surface area contributed by atoms with Crippen molar-refractivity contribution >= 4 is 39.0 Å². The molecule has 0 aromatic heterocycles. The summed E-state index contributed by atoms with van der Waals surface area (Å²) in [6.07, 6.45) is -3.86. The fourth-order valence-electron chi connectivity index (χ4n) is 3.29. The van der Waals surface area contributed by atoms with Crippen molar-refractivity contribution < 1.29 is 36.2 Å². The first-order valence-corrected chi connectivity index (χ1v) is 15.0. The number of aryl methyl sites for hydroxylation is 1. The number of ether oxygens (including phenoxy) is 2. The molecule has 8 nitrogen and oxygen atoms in total. The van der Waals surface area contributed by atoms with Crippen molar-refractivity contribution in [2.75, 3.05) is 19.8 Å². The standard InChI is InChI=1S/C18H25O8PS3/c1-11-4-6-12(7-5-11)30(20,21)26-15-14(19)16(13-8-22-17(15)25-13)29-27(28)23-9-18(2,3)10-24-27/h4-7,13-17,19H,8-10H2,1-3H3. The quantitative estimate of drug-likeness (QED) is 0.484. The predicted octanol–water partition coefficient (Wildman–Crippen LogP) is 2.58. The van der Waals surface area contributed by atoms with Gasteiger partial charge in [0.2, 0.25) is 5.69 Å². The van der Waals surface area contributed by atoms with Gasteiger partial charge < -0.3 is 23.6 Å². The van der Waals surface area contributed by atoms with Gasteiger partial charge in [-0.1, -0.05) is 42.9 Å². The molecule has 0 aliphatic carbocycles. The highest BCUT2D eigenvalue weighted by atomic mass is 32.9. The molecular weight excluding hydrogens is 471 g/mol. The minimum atomic E-state index is -4.13. The summed E-state index contributed by atoms with van der Waals surface area (Å²) in [6, 6.07) is 6.27. The van der Waals surface area contributed by atoms with E-state index >= 15 is 0 Å². The van der Waals surface area contributed by atoms with E-state index in [-0.39, 0.29) is 16.9 Å². The van der Waals surface area contributed by atoms with Gasteiger partial charge in [0.05, 0.1) is 36.1 Å². The number of aliphatic hydroxyl groups is 1. The number of fused-ring (bicyclic) bond motifs is 2. The number of hydrogen-bond acceptors (Lipinski definition) is 10. The van der Waals surface area contributed by atoms with Crippen molar-refractivity contribution in [1.29, 1.82) is 0 Å². The monoisotopic (exact) mass is 496 g/mol. The van der Waals surface area contributed by atoms with Crippen molar-refractivity contribution in [2.24, 2.45) is 5.41 Å². The van der Waals surface area contributed by atoms with Gasteiger partial charge in [-0.25, -0.2) is 0 Å². The van der Waals surface area contributed by atoms with E-state index in [1.807, 2.05) is 20.8 Å². The Hall–Kier alpha value is -0.0700. The molecule has 0 amide bonds. The van der Waals surface area contributed by atoms with Gasteiger partial charge in [-0.2, -0.15) is 8.42 Å². The molecule has 1 N–H and O–H groups in total. The molecule has 3 fully saturated rings. The van der Waals surface area contributed by atoms with Crippen LogP contribution in [0.15, 0.2) is 29.2 Å². The van der Waals surface area contributed by atoms with Gasteiger partial charge in [0.1, 0.15) is 6.10 Å². The summed E-state index contributed by atoms with van der Waals surface area (Å²) in [5.74, 6) is 0. The first-order chi connectivity index (χ1) is 14.0. The second-order valence-electron chi connectivity index (χ2n) is 8.42. The molecular formula is C18H25O8PS3. The van der Waals surface area contributed by atoms with Gasteiger partial charge in [-0.05, 0) is 30.9 Å². The second kappa shape index (κ2) is 8.37. The van der Waals surface area contributed by atoms with Gasteiger partial charge in [0, 0.05) is 5.41 Å². The zero-order valence-corrected chi connectivity index (χ0v) is 20.1. The third-order valence-electron chi connectivity index (χ3n) is 5.07. The van der Waals surface area contributed by atoms with Gasteiger partial charge in [0.25, 0.3) is 10.1 Å². The summed E-state index contributed by atoms with van der Waals surface area (Å²) in [5.41, 5.74) is -1.94. The van der Waals surface area contributed by atoms with Crippen LogP contribution in [0.4, 0.5) is 0 Å². The SMILES string of the molecule is Cc1ccc(S(=O)(=O)OC2C3OCC(O3)C(SP3(=S)OCC(C)(C)CO3)C2O)cc1. The molecule has 4 rings (SSSR count).